The molecule has 0 spiro atoms. The molecule has 1 atom stereocenters. The summed E-state index contributed by atoms with van der Waals surface area (Å²) in [6, 6.07) is 0.164. The van der Waals surface area contributed by atoms with Gasteiger partial charge in [-0.25, -0.2) is 0 Å². The van der Waals surface area contributed by atoms with Crippen LogP contribution in [0.3, 0.4) is 0 Å². The fourth-order valence-electron chi connectivity index (χ4n) is 1.43. The van der Waals surface area contributed by atoms with Gasteiger partial charge in [0.15, 0.2) is 0 Å². The molecule has 2 N–H and O–H groups in total. The van der Waals surface area contributed by atoms with Crippen molar-refractivity contribution in [3.05, 3.63) is 0 Å². The van der Waals surface area contributed by atoms with Crippen LogP contribution in [0.5, 0.6) is 0 Å². The third kappa shape index (κ3) is 8.61. The van der Waals surface area contributed by atoms with E-state index in [0.29, 0.717) is 12.8 Å². The molecule has 0 bridgehead atoms. The molecule has 0 saturated carbocycles. The van der Waals surface area contributed by atoms with E-state index < -0.39 is 0 Å². The van der Waals surface area contributed by atoms with Crippen LogP contribution in [0.1, 0.15) is 39.5 Å². The van der Waals surface area contributed by atoms with Crippen LogP contribution in [0.2, 0.25) is 0 Å². The van der Waals surface area contributed by atoms with Gasteiger partial charge in [-0.3, -0.25) is 4.79 Å². The first-order valence-corrected chi connectivity index (χ1v) is 5.74. The second-order valence-electron chi connectivity index (χ2n) is 4.29. The van der Waals surface area contributed by atoms with E-state index in [2.05, 4.69) is 10.3 Å². The van der Waals surface area contributed by atoms with Crippen molar-refractivity contribution in [2.45, 2.75) is 45.6 Å². The van der Waals surface area contributed by atoms with Gasteiger partial charge < -0.3 is 10.4 Å². The van der Waals surface area contributed by atoms with Crippen molar-refractivity contribution in [1.29, 1.82) is 0 Å². The third-order valence-corrected chi connectivity index (χ3v) is 2.27. The normalized spacial score (nSPS) is 12.8. The summed E-state index contributed by atoms with van der Waals surface area (Å²) in [6.45, 7) is 3.67. The van der Waals surface area contributed by atoms with E-state index in [9.17, 15) is 9.32 Å². The van der Waals surface area contributed by atoms with E-state index in [1.165, 1.54) is 0 Å². The monoisotopic (exact) mass is 235 g/mol. The molecule has 0 aliphatic rings. The van der Waals surface area contributed by atoms with Crippen LogP contribution in [0.25, 0.3) is 0 Å². The summed E-state index contributed by atoms with van der Waals surface area (Å²) in [6.07, 6.45) is 2.70. The summed E-state index contributed by atoms with van der Waals surface area (Å²) in [5.41, 5.74) is 0. The van der Waals surface area contributed by atoms with E-state index >= 15 is 0 Å². The summed E-state index contributed by atoms with van der Waals surface area (Å²) in [5.74, 6) is -0.129. The number of hydrogen-bond acceptors (Lipinski definition) is 3. The highest BCUT2D eigenvalue weighted by Crippen LogP contribution is 2.10. The zero-order chi connectivity index (χ0) is 12.4. The number of rotatable bonds is 9. The average molecular weight is 235 g/mol. The minimum atomic E-state index is -0.168. The summed E-state index contributed by atoms with van der Waals surface area (Å²) in [7, 11) is 0. The van der Waals surface area contributed by atoms with Crippen molar-refractivity contribution in [2.75, 3.05) is 13.2 Å². The molecular weight excluding hydrogens is 213 g/mol. The Labute approximate surface area is 96.1 Å². The number of hydrogen-bond donors (Lipinski definition) is 2. The van der Waals surface area contributed by atoms with E-state index in [1.807, 2.05) is 13.8 Å². The molecule has 4 nitrogen and oxygen atoms in total. The molecule has 0 aromatic carbocycles. The molecule has 0 heterocycles. The van der Waals surface area contributed by atoms with Gasteiger partial charge in [-0.15, -0.1) is 0 Å². The molecule has 0 fully saturated rings. The van der Waals surface area contributed by atoms with Crippen LogP contribution in [0.4, 0.5) is 4.53 Å². The van der Waals surface area contributed by atoms with Crippen molar-refractivity contribution >= 4 is 5.91 Å². The van der Waals surface area contributed by atoms with Crippen LogP contribution in [0.15, 0.2) is 0 Å². The Morgan fingerprint density at radius 2 is 2.12 bits per heavy atom. The Hall–Kier alpha value is -0.680. The van der Waals surface area contributed by atoms with Gasteiger partial charge in [-0.05, 0) is 31.2 Å². The second kappa shape index (κ2) is 9.54. The first kappa shape index (κ1) is 15.3. The molecule has 0 aliphatic heterocycles. The lowest BCUT2D eigenvalue weighted by Gasteiger charge is -2.11. The molecule has 0 rings (SSSR count). The first-order valence-electron chi connectivity index (χ1n) is 5.74. The maximum atomic E-state index is 11.5. The molecule has 16 heavy (non-hydrogen) atoms. The molecule has 0 aliphatic carbocycles. The van der Waals surface area contributed by atoms with Crippen molar-refractivity contribution in [3.8, 4) is 0 Å². The Morgan fingerprint density at radius 1 is 1.44 bits per heavy atom. The molecule has 1 amide bonds. The highest BCUT2D eigenvalue weighted by atomic mass is 19.3. The highest BCUT2D eigenvalue weighted by Gasteiger charge is 2.09. The molecule has 0 saturated heterocycles. The van der Waals surface area contributed by atoms with E-state index in [1.54, 1.807) is 0 Å². The number of carbonyl (C=O) groups is 1. The number of aliphatic hydroxyl groups is 1. The van der Waals surface area contributed by atoms with Crippen LogP contribution >= 0.6 is 0 Å². The van der Waals surface area contributed by atoms with Crippen LogP contribution < -0.4 is 5.32 Å². The number of halogens is 1. The highest BCUT2D eigenvalue weighted by molar-refractivity contribution is 5.76. The zero-order valence-corrected chi connectivity index (χ0v) is 10.0. The van der Waals surface area contributed by atoms with Gasteiger partial charge in [0.2, 0.25) is 5.91 Å². The van der Waals surface area contributed by atoms with Crippen molar-refractivity contribution in [3.63, 3.8) is 0 Å². The first-order chi connectivity index (χ1) is 7.60. The Balaban J connectivity index is 3.47. The lowest BCUT2D eigenvalue weighted by molar-refractivity contribution is -0.149. The molecule has 96 valence electrons. The van der Waals surface area contributed by atoms with E-state index in [0.717, 1.165) is 12.8 Å². The van der Waals surface area contributed by atoms with Crippen molar-refractivity contribution in [2.24, 2.45) is 5.92 Å². The van der Waals surface area contributed by atoms with E-state index in [-0.39, 0.29) is 31.1 Å². The maximum absolute atomic E-state index is 11.5. The Kier molecular flexibility index (Phi) is 9.13. The Morgan fingerprint density at radius 3 is 2.62 bits per heavy atom. The lowest BCUT2D eigenvalue weighted by atomic mass is 10.0. The molecule has 0 radical (unpaired) electrons. The summed E-state index contributed by atoms with van der Waals surface area (Å²) in [5, 5.41) is 11.7. The summed E-state index contributed by atoms with van der Waals surface area (Å²) in [4.78, 5) is 14.7. The number of nitrogens with one attached hydrogen (secondary N) is 1. The number of amides is 1. The quantitative estimate of drug-likeness (QED) is 0.596. The topological polar surface area (TPSA) is 58.6 Å². The predicted molar refractivity (Wildman–Crippen MR) is 59.4 cm³/mol. The number of aliphatic hydroxyl groups excluding tert-OH is 1. The molecule has 5 heteroatoms. The smallest absolute Gasteiger partial charge is 0.220 e. The fraction of sp³-hybridized carbons (Fsp3) is 0.909. The molecule has 0 aromatic heterocycles. The average Bonchev–Trinajstić information content (AvgIpc) is 2.21. The van der Waals surface area contributed by atoms with Crippen LogP contribution in [-0.4, -0.2) is 30.3 Å². The third-order valence-electron chi connectivity index (χ3n) is 2.27. The molecule has 1 unspecified atom stereocenters. The van der Waals surface area contributed by atoms with Gasteiger partial charge >= 0.3 is 0 Å². The number of unbranched alkanes of at least 4 members (excludes halogenated alkanes) is 1. The van der Waals surface area contributed by atoms with Gasteiger partial charge in [-0.1, -0.05) is 6.42 Å². The Bertz CT molecular complexity index is 188. The summed E-state index contributed by atoms with van der Waals surface area (Å²) < 4.78 is 11.5. The predicted octanol–water partition coefficient (Wildman–Crippen LogP) is 1.58. The van der Waals surface area contributed by atoms with Gasteiger partial charge in [-0.2, -0.15) is 4.94 Å². The maximum Gasteiger partial charge on any atom is 0.220 e. The van der Waals surface area contributed by atoms with E-state index in [4.69, 9.17) is 5.11 Å². The van der Waals surface area contributed by atoms with Crippen molar-refractivity contribution in [1.82, 2.24) is 5.32 Å². The van der Waals surface area contributed by atoms with Gasteiger partial charge in [0, 0.05) is 25.0 Å². The molecule has 0 aromatic rings. The van der Waals surface area contributed by atoms with Gasteiger partial charge in [0.05, 0.1) is 6.61 Å². The minimum Gasteiger partial charge on any atom is -0.396 e. The standard InChI is InChI=1S/C11H22FNO3/c1-9(2)13-11(15)6-4-3-5-10(7-14)8-16-12/h9-10,14H,3-8H2,1-2H3,(H,13,15). The van der Waals surface area contributed by atoms with Crippen LogP contribution in [-0.2, 0) is 9.74 Å². The largest absolute Gasteiger partial charge is 0.396 e. The molecular formula is C11H22FNO3. The minimum absolute atomic E-state index is 0.0392. The number of carbonyl (C=O) groups excluding carboxylic acids is 1. The zero-order valence-electron chi connectivity index (χ0n) is 10.0. The SMILES string of the molecule is CC(C)NC(=O)CCCCC(CO)COF. The van der Waals surface area contributed by atoms with Crippen molar-refractivity contribution < 1.29 is 19.4 Å². The van der Waals surface area contributed by atoms with Crippen LogP contribution in [0, 0.1) is 5.92 Å². The summed E-state index contributed by atoms with van der Waals surface area (Å²) >= 11 is 0. The van der Waals surface area contributed by atoms with Gasteiger partial charge in [0.25, 0.3) is 0 Å². The second-order valence-corrected chi connectivity index (χ2v) is 4.29. The fourth-order valence-corrected chi connectivity index (χ4v) is 1.43. The van der Waals surface area contributed by atoms with Gasteiger partial charge in [0.1, 0.15) is 0 Å². The lowest BCUT2D eigenvalue weighted by Crippen LogP contribution is -2.29.